The van der Waals surface area contributed by atoms with Crippen LogP contribution in [0.15, 0.2) is 59.8 Å². The zero-order valence-electron chi connectivity index (χ0n) is 23.1. The molecule has 4 rings (SSSR count). The standard InChI is InChI=1S/C27H32N3O10PS/c1-19(2)16-27(40-26(32)38-18-39-41(33,34)35)10-14-30(15-11-27)25(31)21-8-6-20(7-9-21)17-42(36,37)23-5-3-4-22-24(23)29-13-12-28-22/h3-9,12-13,19H,10-11,14-18H2,1-2H3,(H2,33,34,35). The van der Waals surface area contributed by atoms with Gasteiger partial charge < -0.3 is 24.2 Å². The largest absolute Gasteiger partial charge is 0.510 e. The van der Waals surface area contributed by atoms with Crippen LogP contribution in [0, 0.1) is 5.92 Å². The lowest BCUT2D eigenvalue weighted by Crippen LogP contribution is -2.49. The van der Waals surface area contributed by atoms with E-state index in [1.54, 1.807) is 41.3 Å². The Morgan fingerprint density at radius 2 is 1.71 bits per heavy atom. The first-order valence-electron chi connectivity index (χ1n) is 13.1. The van der Waals surface area contributed by atoms with E-state index < -0.39 is 36.2 Å². The minimum Gasteiger partial charge on any atom is -0.427 e. The molecule has 0 spiro atoms. The smallest absolute Gasteiger partial charge is 0.427 e. The molecule has 42 heavy (non-hydrogen) atoms. The predicted octanol–water partition coefficient (Wildman–Crippen LogP) is 3.84. The Balaban J connectivity index is 1.38. The van der Waals surface area contributed by atoms with Gasteiger partial charge >= 0.3 is 14.0 Å². The van der Waals surface area contributed by atoms with Crippen LogP contribution in [0.2, 0.25) is 0 Å². The average molecular weight is 622 g/mol. The molecular formula is C27H32N3O10PS. The fourth-order valence-corrected chi connectivity index (χ4v) is 6.71. The summed E-state index contributed by atoms with van der Waals surface area (Å²) in [6.07, 6.45) is 2.97. The number of nitrogens with zero attached hydrogens (tertiary/aromatic N) is 3. The zero-order valence-corrected chi connectivity index (χ0v) is 24.8. The second-order valence-electron chi connectivity index (χ2n) is 10.4. The Bertz CT molecular complexity index is 1580. The molecule has 2 N–H and O–H groups in total. The maximum atomic E-state index is 13.2. The molecule has 0 radical (unpaired) electrons. The van der Waals surface area contributed by atoms with Crippen molar-refractivity contribution in [1.29, 1.82) is 0 Å². The summed E-state index contributed by atoms with van der Waals surface area (Å²) in [7, 11) is -8.54. The molecule has 13 nitrogen and oxygen atoms in total. The van der Waals surface area contributed by atoms with Crippen molar-refractivity contribution in [2.75, 3.05) is 19.9 Å². The number of benzene rings is 2. The van der Waals surface area contributed by atoms with Gasteiger partial charge in [0.2, 0.25) is 6.79 Å². The number of carbonyl (C=O) groups excluding carboxylic acids is 2. The van der Waals surface area contributed by atoms with E-state index in [-0.39, 0.29) is 35.6 Å². The van der Waals surface area contributed by atoms with Gasteiger partial charge in [-0.1, -0.05) is 32.0 Å². The van der Waals surface area contributed by atoms with Crippen LogP contribution in [0.5, 0.6) is 0 Å². The van der Waals surface area contributed by atoms with E-state index in [9.17, 15) is 22.6 Å². The van der Waals surface area contributed by atoms with Gasteiger partial charge in [0.15, 0.2) is 9.84 Å². The molecule has 1 fully saturated rings. The Morgan fingerprint density at radius 3 is 2.36 bits per heavy atom. The van der Waals surface area contributed by atoms with Gasteiger partial charge in [0, 0.05) is 43.9 Å². The number of carbonyl (C=O) groups is 2. The summed E-state index contributed by atoms with van der Waals surface area (Å²) in [4.78, 5) is 53.0. The molecule has 15 heteroatoms. The Morgan fingerprint density at radius 1 is 1.05 bits per heavy atom. The normalized spacial score (nSPS) is 15.5. The number of phosphoric ester groups is 1. The molecule has 1 amide bonds. The Hall–Kier alpha value is -3.42. The summed E-state index contributed by atoms with van der Waals surface area (Å²) >= 11 is 0. The van der Waals surface area contributed by atoms with Gasteiger partial charge in [0.1, 0.15) is 11.1 Å². The van der Waals surface area contributed by atoms with Gasteiger partial charge in [-0.05, 0) is 42.2 Å². The highest BCUT2D eigenvalue weighted by Gasteiger charge is 2.40. The first kappa shape index (κ1) is 31.5. The average Bonchev–Trinajstić information content (AvgIpc) is 2.92. The van der Waals surface area contributed by atoms with Gasteiger partial charge in [0.25, 0.3) is 5.91 Å². The highest BCUT2D eigenvalue weighted by Crippen LogP contribution is 2.36. The van der Waals surface area contributed by atoms with Crippen molar-refractivity contribution in [2.45, 2.75) is 49.4 Å². The summed E-state index contributed by atoms with van der Waals surface area (Å²) in [6.45, 7) is 3.53. The lowest BCUT2D eigenvalue weighted by atomic mass is 9.83. The first-order chi connectivity index (χ1) is 19.8. The summed E-state index contributed by atoms with van der Waals surface area (Å²) in [5.74, 6) is -0.369. The Kier molecular flexibility index (Phi) is 9.63. The van der Waals surface area contributed by atoms with E-state index in [2.05, 4.69) is 19.2 Å². The molecule has 0 atom stereocenters. The topological polar surface area (TPSA) is 183 Å². The predicted molar refractivity (Wildman–Crippen MR) is 150 cm³/mol. The van der Waals surface area contributed by atoms with Crippen LogP contribution in [-0.4, -0.2) is 70.6 Å². The summed E-state index contributed by atoms with van der Waals surface area (Å²) < 4.78 is 51.5. The van der Waals surface area contributed by atoms with E-state index in [1.165, 1.54) is 18.5 Å². The fraction of sp³-hybridized carbons (Fsp3) is 0.407. The van der Waals surface area contributed by atoms with Crippen LogP contribution in [-0.2, 0) is 34.2 Å². The number of piperidine rings is 1. The van der Waals surface area contributed by atoms with E-state index in [0.717, 1.165) is 0 Å². The summed E-state index contributed by atoms with van der Waals surface area (Å²) in [6, 6.07) is 11.2. The van der Waals surface area contributed by atoms with Crippen molar-refractivity contribution >= 4 is 40.8 Å². The molecule has 1 aliphatic rings. The van der Waals surface area contributed by atoms with Crippen LogP contribution in [0.1, 0.15) is 49.0 Å². The van der Waals surface area contributed by atoms with Crippen molar-refractivity contribution in [3.63, 3.8) is 0 Å². The number of ether oxygens (including phenoxy) is 2. The molecule has 2 aromatic carbocycles. The number of hydrogen-bond donors (Lipinski definition) is 2. The fourth-order valence-electron chi connectivity index (χ4n) is 5.00. The molecule has 3 aromatic rings. The van der Waals surface area contributed by atoms with Gasteiger partial charge in [-0.3, -0.25) is 14.8 Å². The lowest BCUT2D eigenvalue weighted by molar-refractivity contribution is -0.0879. The monoisotopic (exact) mass is 621 g/mol. The number of para-hydroxylation sites is 1. The quantitative estimate of drug-likeness (QED) is 0.190. The number of fused-ring (bicyclic) bond motifs is 1. The molecule has 0 saturated carbocycles. The molecule has 1 aromatic heterocycles. The third kappa shape index (κ3) is 8.11. The maximum Gasteiger partial charge on any atom is 0.510 e. The summed E-state index contributed by atoms with van der Waals surface area (Å²) in [5, 5.41) is 0. The third-order valence-corrected chi connectivity index (χ3v) is 8.95. The second-order valence-corrected chi connectivity index (χ2v) is 13.6. The van der Waals surface area contributed by atoms with Crippen molar-refractivity contribution in [1.82, 2.24) is 14.9 Å². The van der Waals surface area contributed by atoms with Crippen molar-refractivity contribution < 1.29 is 46.4 Å². The lowest BCUT2D eigenvalue weighted by Gasteiger charge is -2.41. The minimum absolute atomic E-state index is 0.0897. The van der Waals surface area contributed by atoms with Crippen LogP contribution in [0.25, 0.3) is 11.0 Å². The van der Waals surface area contributed by atoms with Crippen molar-refractivity contribution in [3.05, 3.63) is 66.0 Å². The van der Waals surface area contributed by atoms with Gasteiger partial charge in [-0.2, -0.15) is 0 Å². The van der Waals surface area contributed by atoms with Crippen LogP contribution in [0.4, 0.5) is 4.79 Å². The van der Waals surface area contributed by atoms with Crippen LogP contribution < -0.4 is 0 Å². The Labute approximate surface area is 243 Å². The SMILES string of the molecule is CC(C)CC1(OC(=O)OCOP(=O)(O)O)CCN(C(=O)c2ccc(CS(=O)(=O)c3cccc4nccnc34)cc2)CC1. The van der Waals surface area contributed by atoms with Gasteiger partial charge in [0.05, 0.1) is 16.2 Å². The molecule has 1 saturated heterocycles. The highest BCUT2D eigenvalue weighted by molar-refractivity contribution is 7.90. The number of likely N-dealkylation sites (tertiary alicyclic amines) is 1. The highest BCUT2D eigenvalue weighted by atomic mass is 32.2. The number of rotatable bonds is 10. The van der Waals surface area contributed by atoms with E-state index in [1.807, 2.05) is 13.8 Å². The molecule has 0 unspecified atom stereocenters. The number of amides is 1. The van der Waals surface area contributed by atoms with E-state index in [4.69, 9.17) is 14.5 Å². The van der Waals surface area contributed by atoms with Crippen molar-refractivity contribution in [2.24, 2.45) is 5.92 Å². The van der Waals surface area contributed by atoms with E-state index in [0.29, 0.717) is 41.4 Å². The maximum absolute atomic E-state index is 13.2. The molecule has 226 valence electrons. The van der Waals surface area contributed by atoms with Crippen molar-refractivity contribution in [3.8, 4) is 0 Å². The molecule has 1 aliphatic heterocycles. The summed E-state index contributed by atoms with van der Waals surface area (Å²) in [5.41, 5.74) is 0.760. The van der Waals surface area contributed by atoms with Crippen LogP contribution >= 0.6 is 7.82 Å². The number of phosphoric acid groups is 1. The number of aromatic nitrogens is 2. The molecule has 0 aliphatic carbocycles. The van der Waals surface area contributed by atoms with Gasteiger partial charge in [-0.15, -0.1) is 0 Å². The molecule has 2 heterocycles. The number of sulfone groups is 1. The minimum atomic E-state index is -4.80. The van der Waals surface area contributed by atoms with E-state index >= 15 is 0 Å². The zero-order chi connectivity index (χ0) is 30.5. The first-order valence-corrected chi connectivity index (χ1v) is 16.3. The number of hydrogen-bond acceptors (Lipinski definition) is 10. The third-order valence-electron chi connectivity index (χ3n) is 6.79. The van der Waals surface area contributed by atoms with Crippen LogP contribution in [0.3, 0.4) is 0 Å². The molecule has 0 bridgehead atoms. The second kappa shape index (κ2) is 12.8. The molecular weight excluding hydrogens is 589 g/mol. The van der Waals surface area contributed by atoms with Gasteiger partial charge in [-0.25, -0.2) is 22.3 Å².